The number of thiocarbonyl (C=S) groups is 1. The summed E-state index contributed by atoms with van der Waals surface area (Å²) in [6.45, 7) is 2.09. The van der Waals surface area contributed by atoms with E-state index in [2.05, 4.69) is 9.71 Å². The second-order valence-electron chi connectivity index (χ2n) is 4.47. The molecule has 3 N–H and O–H groups in total. The van der Waals surface area contributed by atoms with Gasteiger partial charge in [0.15, 0.2) is 0 Å². The fourth-order valence-electron chi connectivity index (χ4n) is 1.84. The van der Waals surface area contributed by atoms with Gasteiger partial charge in [0.05, 0.1) is 16.1 Å². The molecule has 112 valence electrons. The summed E-state index contributed by atoms with van der Waals surface area (Å²) < 4.78 is 27.0. The number of sulfonamides is 1. The second-order valence-corrected chi connectivity index (χ2v) is 7.39. The van der Waals surface area contributed by atoms with Crippen LogP contribution in [0.4, 0.5) is 0 Å². The van der Waals surface area contributed by atoms with Crippen LogP contribution in [0, 0.1) is 6.92 Å². The Morgan fingerprint density at radius 2 is 2.24 bits per heavy atom. The number of hydrogen-bond donors (Lipinski definition) is 2. The topological polar surface area (TPSA) is 85.1 Å². The fourth-order valence-corrected chi connectivity index (χ4v) is 3.78. The molecule has 0 saturated heterocycles. The number of nitrogens with zero attached hydrogens (tertiary/aromatic N) is 1. The molecule has 5 nitrogen and oxygen atoms in total. The molecule has 0 aliphatic heterocycles. The lowest BCUT2D eigenvalue weighted by atomic mass is 10.1. The summed E-state index contributed by atoms with van der Waals surface area (Å²) >= 11 is 6.40. The van der Waals surface area contributed by atoms with Crippen molar-refractivity contribution < 1.29 is 8.42 Å². The zero-order valence-corrected chi connectivity index (χ0v) is 13.8. The maximum Gasteiger partial charge on any atom is 0.240 e. The van der Waals surface area contributed by atoms with Crippen molar-refractivity contribution in [1.29, 1.82) is 0 Å². The third-order valence-corrected chi connectivity index (χ3v) is 5.24. The lowest BCUT2D eigenvalue weighted by molar-refractivity contribution is 0.581. The number of nitrogens with two attached hydrogens (primary N) is 1. The molecular weight excluding hydrogens is 326 g/mol. The molecule has 1 aromatic carbocycles. The summed E-state index contributed by atoms with van der Waals surface area (Å²) in [6, 6.07) is 4.71. The minimum absolute atomic E-state index is 0.207. The first-order chi connectivity index (χ1) is 9.90. The second kappa shape index (κ2) is 6.61. The number of nitrogens with one attached hydrogen (secondary N) is 1. The van der Waals surface area contributed by atoms with E-state index in [4.69, 9.17) is 18.0 Å². The first kappa shape index (κ1) is 16.0. The first-order valence-corrected chi connectivity index (χ1v) is 9.01. The molecule has 0 atom stereocenters. The van der Waals surface area contributed by atoms with Crippen LogP contribution < -0.4 is 10.5 Å². The summed E-state index contributed by atoms with van der Waals surface area (Å²) in [5.41, 5.74) is 9.60. The highest BCUT2D eigenvalue weighted by molar-refractivity contribution is 7.89. The smallest absolute Gasteiger partial charge is 0.240 e. The molecule has 0 radical (unpaired) electrons. The first-order valence-electron chi connectivity index (χ1n) is 6.17. The average Bonchev–Trinajstić information content (AvgIpc) is 2.91. The van der Waals surface area contributed by atoms with Crippen LogP contribution >= 0.6 is 23.6 Å². The molecule has 0 saturated carbocycles. The van der Waals surface area contributed by atoms with Crippen molar-refractivity contribution in [3.8, 4) is 0 Å². The number of aromatic nitrogens is 1. The van der Waals surface area contributed by atoms with Crippen LogP contribution in [0.3, 0.4) is 0 Å². The molecule has 1 heterocycles. The Labute approximate surface area is 133 Å². The summed E-state index contributed by atoms with van der Waals surface area (Å²) in [4.78, 5) is 4.57. The van der Waals surface area contributed by atoms with Crippen LogP contribution in [0.15, 0.2) is 34.0 Å². The number of hydrogen-bond acceptors (Lipinski definition) is 5. The van der Waals surface area contributed by atoms with Crippen LogP contribution in [0.1, 0.15) is 16.8 Å². The molecule has 2 aromatic rings. The van der Waals surface area contributed by atoms with Gasteiger partial charge in [-0.25, -0.2) is 18.1 Å². The molecule has 2 rings (SSSR count). The average molecular weight is 341 g/mol. The lowest BCUT2D eigenvalue weighted by Crippen LogP contribution is -2.26. The van der Waals surface area contributed by atoms with Crippen LogP contribution in [-0.2, 0) is 16.4 Å². The molecule has 0 unspecified atom stereocenters. The summed E-state index contributed by atoms with van der Waals surface area (Å²) in [7, 11) is -3.54. The predicted molar refractivity (Wildman–Crippen MR) is 88.1 cm³/mol. The Kier molecular flexibility index (Phi) is 5.04. The standard InChI is InChI=1S/C13H15N3O2S3/c1-9-6-11(2-3-12(9)13(14)19)21(17,18)16-5-4-10-7-20-8-15-10/h2-3,6-8,16H,4-5H2,1H3,(H2,14,19). The van der Waals surface area contributed by atoms with Crippen molar-refractivity contribution in [2.75, 3.05) is 6.54 Å². The highest BCUT2D eigenvalue weighted by Crippen LogP contribution is 2.15. The maximum absolute atomic E-state index is 12.2. The molecule has 0 bridgehead atoms. The third kappa shape index (κ3) is 4.07. The number of thiazole rings is 1. The molecule has 0 fully saturated rings. The van der Waals surface area contributed by atoms with E-state index in [0.717, 1.165) is 11.3 Å². The Bertz CT molecular complexity index is 740. The quantitative estimate of drug-likeness (QED) is 0.780. The van der Waals surface area contributed by atoms with E-state index >= 15 is 0 Å². The largest absolute Gasteiger partial charge is 0.389 e. The third-order valence-electron chi connectivity index (χ3n) is 2.93. The number of aryl methyl sites for hydroxylation is 1. The van der Waals surface area contributed by atoms with Crippen LogP contribution in [0.2, 0.25) is 0 Å². The SMILES string of the molecule is Cc1cc(S(=O)(=O)NCCc2cscn2)ccc1C(N)=S. The van der Waals surface area contributed by atoms with Gasteiger partial charge in [-0.1, -0.05) is 18.3 Å². The van der Waals surface area contributed by atoms with Crippen LogP contribution in [-0.4, -0.2) is 24.9 Å². The molecule has 0 spiro atoms. The van der Waals surface area contributed by atoms with E-state index in [1.54, 1.807) is 24.6 Å². The summed E-state index contributed by atoms with van der Waals surface area (Å²) in [5.74, 6) is 0. The normalized spacial score (nSPS) is 11.5. The van der Waals surface area contributed by atoms with E-state index in [9.17, 15) is 8.42 Å². The monoisotopic (exact) mass is 341 g/mol. The predicted octanol–water partition coefficient (Wildman–Crippen LogP) is 1.61. The summed E-state index contributed by atoms with van der Waals surface area (Å²) in [6.07, 6.45) is 0.562. The molecule has 1 aromatic heterocycles. The Balaban J connectivity index is 2.08. The Hall–Kier alpha value is -1.35. The van der Waals surface area contributed by atoms with Crippen molar-refractivity contribution in [3.63, 3.8) is 0 Å². The van der Waals surface area contributed by atoms with E-state index in [1.165, 1.54) is 17.4 Å². The van der Waals surface area contributed by atoms with E-state index in [-0.39, 0.29) is 9.88 Å². The minimum atomic E-state index is -3.54. The molecule has 8 heteroatoms. The minimum Gasteiger partial charge on any atom is -0.389 e. The van der Waals surface area contributed by atoms with Gasteiger partial charge in [-0.05, 0) is 24.6 Å². The Morgan fingerprint density at radius 3 is 2.81 bits per heavy atom. The summed E-state index contributed by atoms with van der Waals surface area (Å²) in [5, 5.41) is 1.90. The van der Waals surface area contributed by atoms with E-state index in [0.29, 0.717) is 18.5 Å². The van der Waals surface area contributed by atoms with Crippen molar-refractivity contribution in [2.24, 2.45) is 5.73 Å². The van der Waals surface area contributed by atoms with Gasteiger partial charge in [0.25, 0.3) is 0 Å². The highest BCUT2D eigenvalue weighted by atomic mass is 32.2. The van der Waals surface area contributed by atoms with E-state index < -0.39 is 10.0 Å². The van der Waals surface area contributed by atoms with Gasteiger partial charge in [-0.2, -0.15) is 0 Å². The lowest BCUT2D eigenvalue weighted by Gasteiger charge is -2.09. The van der Waals surface area contributed by atoms with Crippen LogP contribution in [0.25, 0.3) is 0 Å². The van der Waals surface area contributed by atoms with Gasteiger partial charge in [-0.15, -0.1) is 11.3 Å². The molecule has 21 heavy (non-hydrogen) atoms. The van der Waals surface area contributed by atoms with Gasteiger partial charge in [0.1, 0.15) is 4.99 Å². The van der Waals surface area contributed by atoms with Gasteiger partial charge in [0.2, 0.25) is 10.0 Å². The van der Waals surface area contributed by atoms with Crippen molar-refractivity contribution >= 4 is 38.6 Å². The van der Waals surface area contributed by atoms with Crippen molar-refractivity contribution in [2.45, 2.75) is 18.2 Å². The maximum atomic E-state index is 12.2. The zero-order valence-electron chi connectivity index (χ0n) is 11.4. The number of rotatable bonds is 6. The molecular formula is C13H15N3O2S3. The van der Waals surface area contributed by atoms with Gasteiger partial charge >= 0.3 is 0 Å². The van der Waals surface area contributed by atoms with Crippen LogP contribution in [0.5, 0.6) is 0 Å². The van der Waals surface area contributed by atoms with Gasteiger partial charge < -0.3 is 5.73 Å². The van der Waals surface area contributed by atoms with Gasteiger partial charge in [-0.3, -0.25) is 0 Å². The van der Waals surface area contributed by atoms with Crippen molar-refractivity contribution in [1.82, 2.24) is 9.71 Å². The fraction of sp³-hybridized carbons (Fsp3) is 0.231. The van der Waals surface area contributed by atoms with Gasteiger partial charge in [0, 0.05) is 23.9 Å². The zero-order chi connectivity index (χ0) is 15.5. The molecule has 0 aliphatic rings. The number of benzene rings is 1. The Morgan fingerprint density at radius 1 is 1.48 bits per heavy atom. The molecule has 0 aliphatic carbocycles. The van der Waals surface area contributed by atoms with E-state index in [1.807, 2.05) is 5.38 Å². The highest BCUT2D eigenvalue weighted by Gasteiger charge is 2.15. The van der Waals surface area contributed by atoms with Crippen molar-refractivity contribution in [3.05, 3.63) is 45.9 Å². The molecule has 0 amide bonds.